The Hall–Kier alpha value is -4.52. The Balaban J connectivity index is 1.29. The van der Waals surface area contributed by atoms with Crippen LogP contribution in [0.3, 0.4) is 0 Å². The fraction of sp³-hybridized carbons (Fsp3) is 0.0385. The van der Waals surface area contributed by atoms with Gasteiger partial charge in [0.1, 0.15) is 17.3 Å². The number of amides is 1. The fourth-order valence-electron chi connectivity index (χ4n) is 3.08. The molecule has 0 bridgehead atoms. The van der Waals surface area contributed by atoms with Crippen molar-refractivity contribution in [2.75, 3.05) is 6.61 Å². The van der Waals surface area contributed by atoms with Crippen LogP contribution < -0.4 is 14.9 Å². The van der Waals surface area contributed by atoms with Crippen molar-refractivity contribution in [3.8, 4) is 11.5 Å². The lowest BCUT2D eigenvalue weighted by atomic mass is 10.0. The molecule has 0 unspecified atom stereocenters. The van der Waals surface area contributed by atoms with Crippen LogP contribution in [0, 0.1) is 5.82 Å². The first-order valence-electron chi connectivity index (χ1n) is 10.1. The summed E-state index contributed by atoms with van der Waals surface area (Å²) in [5.41, 5.74) is 3.53. The summed E-state index contributed by atoms with van der Waals surface area (Å²) in [5, 5.41) is 5.66. The van der Waals surface area contributed by atoms with Crippen LogP contribution in [0.15, 0.2) is 96.1 Å². The van der Waals surface area contributed by atoms with E-state index in [1.165, 1.54) is 30.5 Å². The molecule has 0 aliphatic carbocycles. The molecule has 33 heavy (non-hydrogen) atoms. The zero-order valence-electron chi connectivity index (χ0n) is 17.4. The van der Waals surface area contributed by atoms with E-state index in [9.17, 15) is 14.0 Å². The summed E-state index contributed by atoms with van der Waals surface area (Å²) in [5.74, 6) is -0.519. The number of ether oxygens (including phenoxy) is 2. The SMILES string of the molecule is O=C(COc1ccc(F)cc1)N/N=C/c1ccc(OC(=O)c2cccc3ccccc23)cc1. The molecule has 0 saturated carbocycles. The highest BCUT2D eigenvalue weighted by Crippen LogP contribution is 2.21. The van der Waals surface area contributed by atoms with Crippen LogP contribution in [-0.2, 0) is 4.79 Å². The third-order valence-electron chi connectivity index (χ3n) is 4.69. The number of rotatable bonds is 7. The summed E-state index contributed by atoms with van der Waals surface area (Å²) in [7, 11) is 0. The van der Waals surface area contributed by atoms with Gasteiger partial charge in [-0.2, -0.15) is 5.10 Å². The smallest absolute Gasteiger partial charge is 0.344 e. The van der Waals surface area contributed by atoms with E-state index in [1.54, 1.807) is 30.3 Å². The quantitative estimate of drug-likeness (QED) is 0.194. The number of carbonyl (C=O) groups is 2. The van der Waals surface area contributed by atoms with Gasteiger partial charge in [0.05, 0.1) is 11.8 Å². The first-order chi connectivity index (χ1) is 16.1. The number of fused-ring (bicyclic) bond motifs is 1. The Morgan fingerprint density at radius 1 is 0.848 bits per heavy atom. The molecule has 1 N–H and O–H groups in total. The molecule has 0 aliphatic heterocycles. The largest absolute Gasteiger partial charge is 0.484 e. The highest BCUT2D eigenvalue weighted by atomic mass is 19.1. The molecule has 0 atom stereocenters. The number of nitrogens with zero attached hydrogens (tertiary/aromatic N) is 1. The van der Waals surface area contributed by atoms with Crippen molar-refractivity contribution < 1.29 is 23.5 Å². The molecule has 0 aromatic heterocycles. The average molecular weight is 442 g/mol. The van der Waals surface area contributed by atoms with Gasteiger partial charge in [0, 0.05) is 0 Å². The van der Waals surface area contributed by atoms with Gasteiger partial charge in [-0.25, -0.2) is 14.6 Å². The zero-order chi connectivity index (χ0) is 23.0. The average Bonchev–Trinajstić information content (AvgIpc) is 2.84. The summed E-state index contributed by atoms with van der Waals surface area (Å²) in [6, 6.07) is 25.1. The third kappa shape index (κ3) is 5.80. The highest BCUT2D eigenvalue weighted by Gasteiger charge is 2.12. The van der Waals surface area contributed by atoms with Crippen molar-refractivity contribution in [1.82, 2.24) is 5.43 Å². The second-order valence-electron chi connectivity index (χ2n) is 7.02. The van der Waals surface area contributed by atoms with E-state index in [4.69, 9.17) is 9.47 Å². The minimum Gasteiger partial charge on any atom is -0.484 e. The van der Waals surface area contributed by atoms with Crippen molar-refractivity contribution in [1.29, 1.82) is 0 Å². The van der Waals surface area contributed by atoms with Crippen LogP contribution in [0.2, 0.25) is 0 Å². The number of esters is 1. The van der Waals surface area contributed by atoms with E-state index < -0.39 is 11.9 Å². The van der Waals surface area contributed by atoms with Gasteiger partial charge in [-0.3, -0.25) is 4.79 Å². The molecule has 0 spiro atoms. The van der Waals surface area contributed by atoms with Gasteiger partial charge in [-0.15, -0.1) is 0 Å². The van der Waals surface area contributed by atoms with Crippen molar-refractivity contribution in [3.63, 3.8) is 0 Å². The molecular weight excluding hydrogens is 423 g/mol. The fourth-order valence-corrected chi connectivity index (χ4v) is 3.08. The maximum atomic E-state index is 12.9. The third-order valence-corrected chi connectivity index (χ3v) is 4.69. The molecule has 0 fully saturated rings. The summed E-state index contributed by atoms with van der Waals surface area (Å²) in [6.45, 7) is -0.258. The predicted octanol–water partition coefficient (Wildman–Crippen LogP) is 4.73. The van der Waals surface area contributed by atoms with Crippen molar-refractivity contribution in [2.24, 2.45) is 5.10 Å². The lowest BCUT2D eigenvalue weighted by molar-refractivity contribution is -0.123. The number of benzene rings is 4. The lowest BCUT2D eigenvalue weighted by Crippen LogP contribution is -2.24. The molecule has 164 valence electrons. The molecule has 4 aromatic rings. The maximum Gasteiger partial charge on any atom is 0.344 e. The second-order valence-corrected chi connectivity index (χ2v) is 7.02. The summed E-state index contributed by atoms with van der Waals surface area (Å²) >= 11 is 0. The minimum atomic E-state index is -0.462. The maximum absolute atomic E-state index is 12.9. The Bertz CT molecular complexity index is 1300. The number of halogens is 1. The number of hydrogen-bond donors (Lipinski definition) is 1. The van der Waals surface area contributed by atoms with Crippen LogP contribution in [0.25, 0.3) is 10.8 Å². The molecule has 4 aromatic carbocycles. The first-order valence-corrected chi connectivity index (χ1v) is 10.1. The number of carbonyl (C=O) groups excluding carboxylic acids is 2. The van der Waals surface area contributed by atoms with E-state index >= 15 is 0 Å². The minimum absolute atomic E-state index is 0.258. The van der Waals surface area contributed by atoms with E-state index in [2.05, 4.69) is 10.5 Å². The molecule has 0 heterocycles. The topological polar surface area (TPSA) is 77.0 Å². The molecule has 0 radical (unpaired) electrons. The Morgan fingerprint density at radius 3 is 2.33 bits per heavy atom. The molecule has 4 rings (SSSR count). The Labute approximate surface area is 189 Å². The normalized spacial score (nSPS) is 10.8. The summed E-state index contributed by atoms with van der Waals surface area (Å²) < 4.78 is 23.6. The molecule has 1 amide bonds. The van der Waals surface area contributed by atoms with Crippen molar-refractivity contribution in [2.45, 2.75) is 0 Å². The summed E-state index contributed by atoms with van der Waals surface area (Å²) in [6.07, 6.45) is 1.45. The Kier molecular flexibility index (Phi) is 6.70. The molecular formula is C26H19FN2O4. The van der Waals surface area contributed by atoms with Crippen LogP contribution in [0.4, 0.5) is 4.39 Å². The highest BCUT2D eigenvalue weighted by molar-refractivity contribution is 6.05. The summed E-state index contributed by atoms with van der Waals surface area (Å²) in [4.78, 5) is 24.4. The molecule has 6 nitrogen and oxygen atoms in total. The van der Waals surface area contributed by atoms with Crippen LogP contribution in [0.5, 0.6) is 11.5 Å². The van der Waals surface area contributed by atoms with E-state index in [-0.39, 0.29) is 12.4 Å². The Morgan fingerprint density at radius 2 is 1.55 bits per heavy atom. The van der Waals surface area contributed by atoms with Crippen molar-refractivity contribution in [3.05, 3.63) is 108 Å². The van der Waals surface area contributed by atoms with E-state index in [1.807, 2.05) is 36.4 Å². The van der Waals surface area contributed by atoms with E-state index in [0.717, 1.165) is 10.8 Å². The number of hydrazone groups is 1. The van der Waals surface area contributed by atoms with Gasteiger partial charge in [0.25, 0.3) is 5.91 Å². The van der Waals surface area contributed by atoms with Crippen LogP contribution in [-0.4, -0.2) is 24.7 Å². The first kappa shape index (κ1) is 21.7. The van der Waals surface area contributed by atoms with Gasteiger partial charge >= 0.3 is 5.97 Å². The van der Waals surface area contributed by atoms with Gasteiger partial charge in [0.2, 0.25) is 0 Å². The van der Waals surface area contributed by atoms with Crippen LogP contribution >= 0.6 is 0 Å². The van der Waals surface area contributed by atoms with Gasteiger partial charge in [-0.05, 0) is 70.9 Å². The van der Waals surface area contributed by atoms with Crippen molar-refractivity contribution >= 4 is 28.9 Å². The monoisotopic (exact) mass is 442 g/mol. The predicted molar refractivity (Wildman–Crippen MR) is 123 cm³/mol. The van der Waals surface area contributed by atoms with Crippen LogP contribution in [0.1, 0.15) is 15.9 Å². The van der Waals surface area contributed by atoms with Gasteiger partial charge < -0.3 is 9.47 Å². The standard InChI is InChI=1S/C26H19FN2O4/c27-20-10-14-21(15-11-20)32-17-25(30)29-28-16-18-8-12-22(13-9-18)33-26(31)24-7-3-5-19-4-1-2-6-23(19)24/h1-16H,17H2,(H,29,30)/b28-16+. The second kappa shape index (κ2) is 10.2. The molecule has 0 aliphatic rings. The van der Waals surface area contributed by atoms with E-state index in [0.29, 0.717) is 22.6 Å². The number of hydrogen-bond acceptors (Lipinski definition) is 5. The van der Waals surface area contributed by atoms with Gasteiger partial charge in [-0.1, -0.05) is 36.4 Å². The molecule has 7 heteroatoms. The number of nitrogens with one attached hydrogen (secondary N) is 1. The lowest BCUT2D eigenvalue weighted by Gasteiger charge is -2.07. The molecule has 0 saturated heterocycles. The van der Waals surface area contributed by atoms with Gasteiger partial charge in [0.15, 0.2) is 6.61 Å². The zero-order valence-corrected chi connectivity index (χ0v) is 17.4.